The molecule has 0 fully saturated rings. The summed E-state index contributed by atoms with van der Waals surface area (Å²) in [4.78, 5) is 22.6. The first-order chi connectivity index (χ1) is 9.12. The number of aliphatic hydroxyl groups excluding tert-OH is 1. The van der Waals surface area contributed by atoms with E-state index in [1.807, 2.05) is 0 Å². The van der Waals surface area contributed by atoms with Crippen LogP contribution in [-0.2, 0) is 9.53 Å². The van der Waals surface area contributed by atoms with Gasteiger partial charge in [-0.2, -0.15) is 0 Å². The molecule has 4 N–H and O–H groups in total. The van der Waals surface area contributed by atoms with Crippen LogP contribution in [0.2, 0.25) is 0 Å². The van der Waals surface area contributed by atoms with Crippen molar-refractivity contribution in [3.8, 4) is 5.75 Å². The first kappa shape index (κ1) is 14.9. The van der Waals surface area contributed by atoms with Gasteiger partial charge >= 0.3 is 5.97 Å². The maximum absolute atomic E-state index is 11.4. The van der Waals surface area contributed by atoms with Gasteiger partial charge in [0.15, 0.2) is 0 Å². The molecule has 1 rings (SSSR count). The minimum Gasteiger partial charge on any atom is -0.489 e. The van der Waals surface area contributed by atoms with Gasteiger partial charge in [0.05, 0.1) is 31.5 Å². The van der Waals surface area contributed by atoms with Gasteiger partial charge in [-0.3, -0.25) is 4.79 Å². The second-order valence-corrected chi connectivity index (χ2v) is 3.53. The normalized spacial score (nSPS) is 9.84. The number of ether oxygens (including phenoxy) is 2. The Kier molecular flexibility index (Phi) is 5.77. The van der Waals surface area contributed by atoms with Crippen LogP contribution in [0.4, 0.5) is 5.69 Å². The average Bonchev–Trinajstić information content (AvgIpc) is 2.45. The number of hydrogen-bond acceptors (Lipinski definition) is 6. The van der Waals surface area contributed by atoms with Crippen LogP contribution in [0.15, 0.2) is 18.2 Å². The van der Waals surface area contributed by atoms with E-state index in [9.17, 15) is 9.59 Å². The summed E-state index contributed by atoms with van der Waals surface area (Å²) in [6.45, 7) is -0.318. The van der Waals surface area contributed by atoms with E-state index in [0.717, 1.165) is 0 Å². The smallest absolute Gasteiger partial charge is 0.337 e. The molecule has 7 nitrogen and oxygen atoms in total. The number of benzene rings is 1. The third-order valence-electron chi connectivity index (χ3n) is 2.21. The van der Waals surface area contributed by atoms with Crippen LogP contribution in [0.1, 0.15) is 10.4 Å². The molecule has 1 aromatic carbocycles. The zero-order valence-corrected chi connectivity index (χ0v) is 10.5. The van der Waals surface area contributed by atoms with Gasteiger partial charge < -0.3 is 25.6 Å². The number of aliphatic hydroxyl groups is 1. The molecule has 0 bridgehead atoms. The van der Waals surface area contributed by atoms with Crippen molar-refractivity contribution >= 4 is 17.6 Å². The van der Waals surface area contributed by atoms with E-state index in [0.29, 0.717) is 5.69 Å². The highest BCUT2D eigenvalue weighted by molar-refractivity contribution is 5.95. The monoisotopic (exact) mass is 268 g/mol. The quantitative estimate of drug-likeness (QED) is 0.613. The summed E-state index contributed by atoms with van der Waals surface area (Å²) in [6, 6.07) is 4.42. The third-order valence-corrected chi connectivity index (χ3v) is 2.21. The predicted molar refractivity (Wildman–Crippen MR) is 68.0 cm³/mol. The Bertz CT molecular complexity index is 461. The second-order valence-electron chi connectivity index (χ2n) is 3.53. The summed E-state index contributed by atoms with van der Waals surface area (Å²) in [5.41, 5.74) is 5.85. The van der Waals surface area contributed by atoms with Gasteiger partial charge in [-0.05, 0) is 18.2 Å². The first-order valence-corrected chi connectivity index (χ1v) is 5.58. The number of nitrogens with one attached hydrogen (secondary N) is 1. The van der Waals surface area contributed by atoms with Crippen molar-refractivity contribution in [2.45, 2.75) is 0 Å². The number of amides is 1. The minimum absolute atomic E-state index is 0.0378. The highest BCUT2D eigenvalue weighted by Crippen LogP contribution is 2.26. The molecule has 0 radical (unpaired) electrons. The predicted octanol–water partition coefficient (Wildman–Crippen LogP) is -0.259. The van der Waals surface area contributed by atoms with Crippen LogP contribution < -0.4 is 15.8 Å². The number of carbonyl (C=O) groups excluding carboxylic acids is 2. The fraction of sp³-hybridized carbons (Fsp3) is 0.333. The Labute approximate surface area is 110 Å². The lowest BCUT2D eigenvalue weighted by atomic mass is 10.2. The van der Waals surface area contributed by atoms with Gasteiger partial charge in [0.25, 0.3) is 0 Å². The molecule has 1 aromatic rings. The van der Waals surface area contributed by atoms with Crippen LogP contribution >= 0.6 is 0 Å². The van der Waals surface area contributed by atoms with Gasteiger partial charge in [0.1, 0.15) is 12.4 Å². The molecule has 0 aliphatic heterocycles. The number of anilines is 1. The molecule has 0 unspecified atom stereocenters. The lowest BCUT2D eigenvalue weighted by molar-refractivity contribution is -0.114. The minimum atomic E-state index is -0.523. The lowest BCUT2D eigenvalue weighted by Crippen LogP contribution is -2.22. The van der Waals surface area contributed by atoms with E-state index in [-0.39, 0.29) is 37.0 Å². The molecule has 0 saturated heterocycles. The van der Waals surface area contributed by atoms with E-state index in [1.54, 1.807) is 0 Å². The Morgan fingerprint density at radius 3 is 2.74 bits per heavy atom. The standard InChI is InChI=1S/C12H16N2O5/c1-18-12(17)8-2-3-9(14-11(16)7-13)10(6-8)19-5-4-15/h2-3,6,15H,4-5,7,13H2,1H3,(H,14,16). The fourth-order valence-electron chi connectivity index (χ4n) is 1.35. The molecule has 0 aromatic heterocycles. The van der Waals surface area contributed by atoms with Crippen molar-refractivity contribution in [1.82, 2.24) is 0 Å². The average molecular weight is 268 g/mol. The number of hydrogen-bond donors (Lipinski definition) is 3. The summed E-state index contributed by atoms with van der Waals surface area (Å²) in [5, 5.41) is 11.3. The molecule has 104 valence electrons. The van der Waals surface area contributed by atoms with E-state index in [4.69, 9.17) is 15.6 Å². The molecule has 0 saturated carbocycles. The van der Waals surface area contributed by atoms with Crippen LogP contribution in [0.3, 0.4) is 0 Å². The Morgan fingerprint density at radius 1 is 1.42 bits per heavy atom. The van der Waals surface area contributed by atoms with E-state index < -0.39 is 5.97 Å². The molecule has 7 heteroatoms. The number of esters is 1. The Balaban J connectivity index is 3.01. The Morgan fingerprint density at radius 2 is 2.16 bits per heavy atom. The van der Waals surface area contributed by atoms with Crippen LogP contribution in [-0.4, -0.2) is 43.9 Å². The molecule has 0 heterocycles. The van der Waals surface area contributed by atoms with E-state index in [2.05, 4.69) is 10.1 Å². The van der Waals surface area contributed by atoms with Crippen molar-refractivity contribution in [3.63, 3.8) is 0 Å². The lowest BCUT2D eigenvalue weighted by Gasteiger charge is -2.12. The fourth-order valence-corrected chi connectivity index (χ4v) is 1.35. The van der Waals surface area contributed by atoms with Crippen LogP contribution in [0.5, 0.6) is 5.75 Å². The van der Waals surface area contributed by atoms with Crippen LogP contribution in [0, 0.1) is 0 Å². The van der Waals surface area contributed by atoms with Crippen molar-refractivity contribution in [1.29, 1.82) is 0 Å². The van der Waals surface area contributed by atoms with Crippen LogP contribution in [0.25, 0.3) is 0 Å². The summed E-state index contributed by atoms with van der Waals surface area (Å²) in [6.07, 6.45) is 0. The largest absolute Gasteiger partial charge is 0.489 e. The molecular formula is C12H16N2O5. The number of rotatable bonds is 6. The van der Waals surface area contributed by atoms with Gasteiger partial charge in [0, 0.05) is 0 Å². The summed E-state index contributed by atoms with van der Waals surface area (Å²) in [5.74, 6) is -0.649. The zero-order chi connectivity index (χ0) is 14.3. The molecular weight excluding hydrogens is 252 g/mol. The summed E-state index contributed by atoms with van der Waals surface area (Å²) >= 11 is 0. The SMILES string of the molecule is COC(=O)c1ccc(NC(=O)CN)c(OCCO)c1. The van der Waals surface area contributed by atoms with Gasteiger partial charge in [-0.25, -0.2) is 4.79 Å². The van der Waals surface area contributed by atoms with Crippen molar-refractivity contribution in [2.24, 2.45) is 5.73 Å². The maximum Gasteiger partial charge on any atom is 0.337 e. The molecule has 0 aliphatic rings. The molecule has 19 heavy (non-hydrogen) atoms. The Hall–Kier alpha value is -2.12. The number of carbonyl (C=O) groups is 2. The van der Waals surface area contributed by atoms with Gasteiger partial charge in [0.2, 0.25) is 5.91 Å². The van der Waals surface area contributed by atoms with Gasteiger partial charge in [-0.1, -0.05) is 0 Å². The number of nitrogens with two attached hydrogens (primary N) is 1. The topological polar surface area (TPSA) is 111 Å². The second kappa shape index (κ2) is 7.34. The maximum atomic E-state index is 11.4. The number of methoxy groups -OCH3 is 1. The van der Waals surface area contributed by atoms with Crippen molar-refractivity contribution in [3.05, 3.63) is 23.8 Å². The first-order valence-electron chi connectivity index (χ1n) is 5.58. The summed E-state index contributed by atoms with van der Waals surface area (Å²) < 4.78 is 9.84. The summed E-state index contributed by atoms with van der Waals surface area (Å²) in [7, 11) is 1.26. The van der Waals surface area contributed by atoms with Crippen molar-refractivity contribution in [2.75, 3.05) is 32.2 Å². The highest BCUT2D eigenvalue weighted by Gasteiger charge is 2.12. The molecule has 0 aliphatic carbocycles. The van der Waals surface area contributed by atoms with Crippen molar-refractivity contribution < 1.29 is 24.2 Å². The van der Waals surface area contributed by atoms with Gasteiger partial charge in [-0.15, -0.1) is 0 Å². The van der Waals surface area contributed by atoms with E-state index in [1.165, 1.54) is 25.3 Å². The molecule has 0 spiro atoms. The molecule has 0 atom stereocenters. The molecule has 1 amide bonds. The highest BCUT2D eigenvalue weighted by atomic mass is 16.5. The zero-order valence-electron chi connectivity index (χ0n) is 10.5. The van der Waals surface area contributed by atoms with E-state index >= 15 is 0 Å². The third kappa shape index (κ3) is 4.23.